The lowest BCUT2D eigenvalue weighted by Gasteiger charge is -2.33. The van der Waals surface area contributed by atoms with E-state index < -0.39 is 11.9 Å². The predicted molar refractivity (Wildman–Crippen MR) is 86.5 cm³/mol. The van der Waals surface area contributed by atoms with Crippen LogP contribution in [0.4, 0.5) is 19.0 Å². The van der Waals surface area contributed by atoms with Crippen LogP contribution in [0, 0.1) is 6.92 Å². The number of nitrogens with zero attached hydrogens (tertiary/aromatic N) is 5. The molecule has 1 amide bonds. The van der Waals surface area contributed by atoms with Gasteiger partial charge in [-0.1, -0.05) is 0 Å². The molecule has 3 rings (SSSR count). The number of carbonyl (C=O) groups is 1. The van der Waals surface area contributed by atoms with Crippen molar-refractivity contribution in [1.82, 2.24) is 25.3 Å². The Bertz CT molecular complexity index is 775. The van der Waals surface area contributed by atoms with Gasteiger partial charge in [0.05, 0.1) is 0 Å². The van der Waals surface area contributed by atoms with Gasteiger partial charge in [-0.3, -0.25) is 4.79 Å². The molecule has 1 saturated heterocycles. The number of aryl methyl sites for hydroxylation is 1. The summed E-state index contributed by atoms with van der Waals surface area (Å²) in [6.45, 7) is 2.42. The number of alkyl halides is 3. The molecule has 1 aliphatic rings. The van der Waals surface area contributed by atoms with Crippen LogP contribution in [0.3, 0.4) is 0 Å². The summed E-state index contributed by atoms with van der Waals surface area (Å²) >= 11 is 0. The number of hydrogen-bond donors (Lipinski definition) is 1. The molecule has 0 bridgehead atoms. The average molecular weight is 366 g/mol. The van der Waals surface area contributed by atoms with Crippen molar-refractivity contribution in [3.8, 4) is 0 Å². The zero-order valence-electron chi connectivity index (χ0n) is 14.0. The highest BCUT2D eigenvalue weighted by Gasteiger charge is 2.34. The number of aromatic nitrogens is 4. The lowest BCUT2D eigenvalue weighted by molar-refractivity contribution is -0.141. The third kappa shape index (κ3) is 4.24. The van der Waals surface area contributed by atoms with Crippen LogP contribution < -0.4 is 10.2 Å². The Hall–Kier alpha value is -2.78. The zero-order valence-corrected chi connectivity index (χ0v) is 14.0. The standard InChI is InChI=1S/C16H17F3N6O/c1-10-22-13(16(17,18)19)8-14(23-10)25-6-3-11(4-7-25)24-15(26)12-2-5-20-9-21-12/h2,5,8-9,11H,3-4,6-7H2,1H3,(H,24,26). The topological polar surface area (TPSA) is 83.9 Å². The van der Waals surface area contributed by atoms with Crippen molar-refractivity contribution in [1.29, 1.82) is 0 Å². The summed E-state index contributed by atoms with van der Waals surface area (Å²) in [5.74, 6) is 0.0440. The highest BCUT2D eigenvalue weighted by molar-refractivity contribution is 5.92. The van der Waals surface area contributed by atoms with Gasteiger partial charge < -0.3 is 10.2 Å². The first-order chi connectivity index (χ1) is 12.3. The number of nitrogens with one attached hydrogen (secondary N) is 1. The second kappa shape index (κ2) is 7.22. The molecular weight excluding hydrogens is 349 g/mol. The fourth-order valence-electron chi connectivity index (χ4n) is 2.80. The van der Waals surface area contributed by atoms with Crippen LogP contribution in [0.15, 0.2) is 24.7 Å². The molecule has 26 heavy (non-hydrogen) atoms. The number of hydrogen-bond acceptors (Lipinski definition) is 6. The largest absolute Gasteiger partial charge is 0.433 e. The van der Waals surface area contributed by atoms with E-state index in [9.17, 15) is 18.0 Å². The summed E-state index contributed by atoms with van der Waals surface area (Å²) < 4.78 is 38.7. The van der Waals surface area contributed by atoms with Gasteiger partial charge in [-0.2, -0.15) is 13.2 Å². The number of amides is 1. The maximum Gasteiger partial charge on any atom is 0.433 e. The first-order valence-electron chi connectivity index (χ1n) is 8.07. The quantitative estimate of drug-likeness (QED) is 0.894. The minimum atomic E-state index is -4.51. The molecule has 0 atom stereocenters. The Morgan fingerprint density at radius 2 is 2.00 bits per heavy atom. The molecule has 0 aromatic carbocycles. The molecule has 2 aromatic rings. The highest BCUT2D eigenvalue weighted by atomic mass is 19.4. The maximum atomic E-state index is 12.9. The number of carbonyl (C=O) groups excluding carboxylic acids is 1. The van der Waals surface area contributed by atoms with Crippen molar-refractivity contribution in [2.45, 2.75) is 32.0 Å². The van der Waals surface area contributed by atoms with Gasteiger partial charge in [-0.05, 0) is 25.8 Å². The summed E-state index contributed by atoms with van der Waals surface area (Å²) in [7, 11) is 0. The molecule has 1 N–H and O–H groups in total. The van der Waals surface area contributed by atoms with Crippen molar-refractivity contribution in [3.63, 3.8) is 0 Å². The maximum absolute atomic E-state index is 12.9. The Morgan fingerprint density at radius 3 is 2.62 bits per heavy atom. The van der Waals surface area contributed by atoms with E-state index >= 15 is 0 Å². The number of halogens is 3. The van der Waals surface area contributed by atoms with Gasteiger partial charge in [0.25, 0.3) is 5.91 Å². The van der Waals surface area contributed by atoms with Gasteiger partial charge in [-0.15, -0.1) is 0 Å². The van der Waals surface area contributed by atoms with Crippen LogP contribution in [-0.4, -0.2) is 45.0 Å². The van der Waals surface area contributed by atoms with Crippen LogP contribution in [0.5, 0.6) is 0 Å². The summed E-state index contributed by atoms with van der Waals surface area (Å²) in [5, 5.41) is 2.89. The van der Waals surface area contributed by atoms with Gasteiger partial charge in [0.1, 0.15) is 29.4 Å². The van der Waals surface area contributed by atoms with Gasteiger partial charge in [0.2, 0.25) is 0 Å². The van der Waals surface area contributed by atoms with Crippen molar-refractivity contribution in [2.75, 3.05) is 18.0 Å². The van der Waals surface area contributed by atoms with E-state index in [0.29, 0.717) is 25.9 Å². The van der Waals surface area contributed by atoms with Crippen molar-refractivity contribution < 1.29 is 18.0 Å². The molecule has 0 radical (unpaired) electrons. The molecule has 0 saturated carbocycles. The molecule has 3 heterocycles. The Balaban J connectivity index is 1.62. The fourth-order valence-corrected chi connectivity index (χ4v) is 2.80. The SMILES string of the molecule is Cc1nc(N2CCC(NC(=O)c3ccncn3)CC2)cc(C(F)(F)F)n1. The molecule has 10 heteroatoms. The first-order valence-corrected chi connectivity index (χ1v) is 8.07. The molecule has 0 aliphatic carbocycles. The van der Waals surface area contributed by atoms with Crippen LogP contribution in [0.2, 0.25) is 0 Å². The first kappa shape index (κ1) is 18.0. The van der Waals surface area contributed by atoms with Crippen LogP contribution in [0.1, 0.15) is 34.8 Å². The lowest BCUT2D eigenvalue weighted by Crippen LogP contribution is -2.45. The summed E-state index contributed by atoms with van der Waals surface area (Å²) in [6.07, 6.45) is -0.526. The molecule has 1 aliphatic heterocycles. The van der Waals surface area contributed by atoms with Crippen molar-refractivity contribution >= 4 is 11.7 Å². The van der Waals surface area contributed by atoms with E-state index in [4.69, 9.17) is 0 Å². The highest BCUT2D eigenvalue weighted by Crippen LogP contribution is 2.30. The third-order valence-electron chi connectivity index (χ3n) is 4.08. The summed E-state index contributed by atoms with van der Waals surface area (Å²) in [5.41, 5.74) is -0.664. The van der Waals surface area contributed by atoms with Gasteiger partial charge in [0, 0.05) is 31.4 Å². The molecule has 2 aromatic heterocycles. The van der Waals surface area contributed by atoms with Gasteiger partial charge in [-0.25, -0.2) is 19.9 Å². The van der Waals surface area contributed by atoms with Crippen molar-refractivity contribution in [3.05, 3.63) is 41.9 Å². The normalized spacial score (nSPS) is 15.8. The Morgan fingerprint density at radius 1 is 1.27 bits per heavy atom. The Kier molecular flexibility index (Phi) is 5.01. The van der Waals surface area contributed by atoms with E-state index in [0.717, 1.165) is 6.07 Å². The molecule has 0 unspecified atom stereocenters. The molecular formula is C16H17F3N6O. The van der Waals surface area contributed by atoms with Gasteiger partial charge >= 0.3 is 6.18 Å². The summed E-state index contributed by atoms with van der Waals surface area (Å²) in [6, 6.07) is 2.42. The van der Waals surface area contributed by atoms with Crippen LogP contribution in [-0.2, 0) is 6.18 Å². The molecule has 1 fully saturated rings. The second-order valence-electron chi connectivity index (χ2n) is 5.99. The third-order valence-corrected chi connectivity index (χ3v) is 4.08. The fraction of sp³-hybridized carbons (Fsp3) is 0.438. The second-order valence-corrected chi connectivity index (χ2v) is 5.99. The lowest BCUT2D eigenvalue weighted by atomic mass is 10.0. The number of anilines is 1. The van der Waals surface area contributed by atoms with E-state index in [2.05, 4.69) is 25.3 Å². The summed E-state index contributed by atoms with van der Waals surface area (Å²) in [4.78, 5) is 29.1. The zero-order chi connectivity index (χ0) is 18.7. The number of piperidine rings is 1. The van der Waals surface area contributed by atoms with E-state index in [1.807, 2.05) is 0 Å². The monoisotopic (exact) mass is 366 g/mol. The molecule has 138 valence electrons. The predicted octanol–water partition coefficient (Wildman–Crippen LogP) is 1.99. The van der Waals surface area contributed by atoms with Gasteiger partial charge in [0.15, 0.2) is 0 Å². The van der Waals surface area contributed by atoms with Crippen LogP contribution in [0.25, 0.3) is 0 Å². The van der Waals surface area contributed by atoms with Crippen molar-refractivity contribution in [2.24, 2.45) is 0 Å². The molecule has 7 nitrogen and oxygen atoms in total. The van der Waals surface area contributed by atoms with E-state index in [-0.39, 0.29) is 29.3 Å². The minimum absolute atomic E-state index is 0.0706. The molecule has 0 spiro atoms. The smallest absolute Gasteiger partial charge is 0.356 e. The van der Waals surface area contributed by atoms with Crippen LogP contribution >= 0.6 is 0 Å². The average Bonchev–Trinajstić information content (AvgIpc) is 2.62. The van der Waals surface area contributed by atoms with E-state index in [1.54, 1.807) is 4.90 Å². The number of rotatable bonds is 3. The van der Waals surface area contributed by atoms with E-state index in [1.165, 1.54) is 25.5 Å². The minimum Gasteiger partial charge on any atom is -0.356 e. The Labute approximate surface area is 147 Å².